The summed E-state index contributed by atoms with van der Waals surface area (Å²) in [5.74, 6) is 0. The first-order chi connectivity index (χ1) is 4.22. The monoisotopic (exact) mass is 208 g/mol. The maximum atomic E-state index is 2.16. The second-order valence-electron chi connectivity index (χ2n) is 2.36. The first-order valence-corrected chi connectivity index (χ1v) is 3.80. The van der Waals surface area contributed by atoms with Crippen molar-refractivity contribution in [1.29, 1.82) is 0 Å². The molecular formula is C8H9BrMg. The SMILES string of the molecule is Cc1ccc[c]([Mg+])c1C.[Br-]. The summed E-state index contributed by atoms with van der Waals surface area (Å²) in [6.45, 7) is 4.31. The molecule has 0 aliphatic carbocycles. The fourth-order valence-corrected chi connectivity index (χ4v) is 1.23. The van der Waals surface area contributed by atoms with Crippen LogP contribution in [0.5, 0.6) is 0 Å². The largest absolute Gasteiger partial charge is 1.00 e. The summed E-state index contributed by atoms with van der Waals surface area (Å²) < 4.78 is 1.41. The summed E-state index contributed by atoms with van der Waals surface area (Å²) in [5.41, 5.74) is 2.82. The molecule has 10 heavy (non-hydrogen) atoms. The number of aryl methyl sites for hydroxylation is 1. The van der Waals surface area contributed by atoms with Gasteiger partial charge in [-0.3, -0.25) is 0 Å². The van der Waals surface area contributed by atoms with E-state index in [1.807, 2.05) is 21.7 Å². The summed E-state index contributed by atoms with van der Waals surface area (Å²) in [6.07, 6.45) is 0. The van der Waals surface area contributed by atoms with E-state index in [1.165, 1.54) is 14.8 Å². The zero-order valence-electron chi connectivity index (χ0n) is 6.32. The Morgan fingerprint density at radius 3 is 2.20 bits per heavy atom. The predicted octanol–water partition coefficient (Wildman–Crippen LogP) is -1.90. The fourth-order valence-electron chi connectivity index (χ4n) is 0.812. The molecule has 0 bridgehead atoms. The van der Waals surface area contributed by atoms with Crippen molar-refractivity contribution < 1.29 is 17.0 Å². The van der Waals surface area contributed by atoms with Gasteiger partial charge in [-0.1, -0.05) is 0 Å². The van der Waals surface area contributed by atoms with Crippen molar-refractivity contribution in [1.82, 2.24) is 0 Å². The van der Waals surface area contributed by atoms with Crippen LogP contribution >= 0.6 is 0 Å². The van der Waals surface area contributed by atoms with Gasteiger partial charge in [0.05, 0.1) is 0 Å². The molecule has 2 heteroatoms. The van der Waals surface area contributed by atoms with Crippen LogP contribution in [0.2, 0.25) is 0 Å². The zero-order chi connectivity index (χ0) is 6.85. The van der Waals surface area contributed by atoms with Crippen LogP contribution < -0.4 is 20.7 Å². The molecule has 0 heterocycles. The maximum Gasteiger partial charge on any atom is -1.00 e. The number of halogens is 1. The Labute approximate surface area is 85.2 Å². The molecule has 1 aromatic rings. The van der Waals surface area contributed by atoms with Gasteiger partial charge in [0.15, 0.2) is 0 Å². The molecule has 0 aromatic heterocycles. The first kappa shape index (κ1) is 10.5. The van der Waals surface area contributed by atoms with Crippen LogP contribution in [-0.2, 0) is 0 Å². The van der Waals surface area contributed by atoms with Crippen molar-refractivity contribution in [3.63, 3.8) is 0 Å². The number of hydrogen-bond donors (Lipinski definition) is 0. The van der Waals surface area contributed by atoms with Crippen LogP contribution in [0, 0.1) is 13.8 Å². The molecule has 0 aliphatic rings. The molecular weight excluding hydrogens is 200 g/mol. The second-order valence-corrected chi connectivity index (χ2v) is 3.12. The van der Waals surface area contributed by atoms with E-state index in [9.17, 15) is 0 Å². The number of hydrogen-bond acceptors (Lipinski definition) is 0. The third-order valence-electron chi connectivity index (χ3n) is 1.72. The van der Waals surface area contributed by atoms with E-state index in [2.05, 4.69) is 32.0 Å². The smallest absolute Gasteiger partial charge is 1.00 e. The van der Waals surface area contributed by atoms with Crippen molar-refractivity contribution in [3.05, 3.63) is 29.3 Å². The van der Waals surface area contributed by atoms with Crippen molar-refractivity contribution in [2.24, 2.45) is 0 Å². The van der Waals surface area contributed by atoms with E-state index >= 15 is 0 Å². The molecule has 50 valence electrons. The van der Waals surface area contributed by atoms with Crippen molar-refractivity contribution in [2.45, 2.75) is 13.8 Å². The van der Waals surface area contributed by atoms with E-state index in [4.69, 9.17) is 0 Å². The standard InChI is InChI=1S/C8H9.BrH.Mg/c1-7-5-3-4-6-8(7)2;;/h3-5H,1-2H3;1H;/q;;+1/p-1. The zero-order valence-corrected chi connectivity index (χ0v) is 9.32. The van der Waals surface area contributed by atoms with Crippen molar-refractivity contribution in [2.75, 3.05) is 0 Å². The van der Waals surface area contributed by atoms with Gasteiger partial charge in [0, 0.05) is 0 Å². The van der Waals surface area contributed by atoms with Crippen LogP contribution in [0.1, 0.15) is 11.1 Å². The van der Waals surface area contributed by atoms with Gasteiger partial charge in [0.1, 0.15) is 0 Å². The van der Waals surface area contributed by atoms with Crippen LogP contribution in [0.15, 0.2) is 18.2 Å². The molecule has 0 nitrogen and oxygen atoms in total. The third kappa shape index (κ3) is 2.26. The summed E-state index contributed by atoms with van der Waals surface area (Å²) in [7, 11) is 0. The molecule has 0 spiro atoms. The molecule has 0 N–H and O–H groups in total. The Morgan fingerprint density at radius 1 is 1.20 bits per heavy atom. The average molecular weight is 209 g/mol. The minimum atomic E-state index is 0. The molecule has 0 saturated heterocycles. The fraction of sp³-hybridized carbons (Fsp3) is 0.250. The van der Waals surface area contributed by atoms with Gasteiger partial charge in [0.2, 0.25) is 0 Å². The summed E-state index contributed by atoms with van der Waals surface area (Å²) in [6, 6.07) is 6.40. The van der Waals surface area contributed by atoms with Gasteiger partial charge in [-0.2, -0.15) is 0 Å². The minimum Gasteiger partial charge on any atom is -1.00 e. The first-order valence-electron chi connectivity index (χ1n) is 3.10. The van der Waals surface area contributed by atoms with Crippen molar-refractivity contribution >= 4 is 25.4 Å². The molecule has 1 rings (SSSR count). The summed E-state index contributed by atoms with van der Waals surface area (Å²) in [4.78, 5) is 0. The molecule has 0 unspecified atom stereocenters. The van der Waals surface area contributed by atoms with Gasteiger partial charge in [0.25, 0.3) is 0 Å². The predicted molar refractivity (Wildman–Crippen MR) is 41.3 cm³/mol. The molecule has 0 amide bonds. The van der Waals surface area contributed by atoms with Crippen LogP contribution in [0.3, 0.4) is 0 Å². The molecule has 0 radical (unpaired) electrons. The van der Waals surface area contributed by atoms with Gasteiger partial charge >= 0.3 is 68.6 Å². The molecule has 0 saturated carbocycles. The van der Waals surface area contributed by atoms with Crippen LogP contribution in [-0.4, -0.2) is 21.7 Å². The average Bonchev–Trinajstić information content (AvgIpc) is 1.83. The van der Waals surface area contributed by atoms with Crippen LogP contribution in [0.25, 0.3) is 0 Å². The molecule has 0 atom stereocenters. The van der Waals surface area contributed by atoms with E-state index in [0.29, 0.717) is 0 Å². The van der Waals surface area contributed by atoms with Gasteiger partial charge in [-0.25, -0.2) is 0 Å². The minimum absolute atomic E-state index is 0. The molecule has 1 aromatic carbocycles. The van der Waals surface area contributed by atoms with Gasteiger partial charge in [-0.05, 0) is 0 Å². The summed E-state index contributed by atoms with van der Waals surface area (Å²) in [5, 5.41) is 0. The van der Waals surface area contributed by atoms with E-state index < -0.39 is 0 Å². The number of rotatable bonds is 0. The van der Waals surface area contributed by atoms with E-state index in [1.54, 1.807) is 0 Å². The Bertz CT molecular complexity index is 200. The Hall–Kier alpha value is 0.466. The molecule has 0 fully saturated rings. The van der Waals surface area contributed by atoms with Gasteiger partial charge < -0.3 is 17.0 Å². The molecule has 0 aliphatic heterocycles. The van der Waals surface area contributed by atoms with Crippen LogP contribution in [0.4, 0.5) is 0 Å². The van der Waals surface area contributed by atoms with E-state index in [0.717, 1.165) is 0 Å². The second kappa shape index (κ2) is 4.37. The Kier molecular flexibility index (Phi) is 4.57. The quantitative estimate of drug-likeness (QED) is 0.438. The normalized spacial score (nSPS) is 8.80. The maximum absolute atomic E-state index is 2.16. The Morgan fingerprint density at radius 2 is 1.80 bits per heavy atom. The third-order valence-corrected chi connectivity index (χ3v) is 2.48. The van der Waals surface area contributed by atoms with E-state index in [-0.39, 0.29) is 17.0 Å². The Balaban J connectivity index is 0.000000810. The van der Waals surface area contributed by atoms with Gasteiger partial charge in [-0.15, -0.1) is 0 Å². The number of benzene rings is 1. The van der Waals surface area contributed by atoms with Crippen molar-refractivity contribution in [3.8, 4) is 0 Å². The topological polar surface area (TPSA) is 0 Å². The summed E-state index contributed by atoms with van der Waals surface area (Å²) >= 11 is 1.95.